The van der Waals surface area contributed by atoms with Gasteiger partial charge in [-0.05, 0) is 30.4 Å². The van der Waals surface area contributed by atoms with E-state index in [2.05, 4.69) is 10.7 Å². The first kappa shape index (κ1) is 20.1. The number of hydrogen-bond acceptors (Lipinski definition) is 3. The van der Waals surface area contributed by atoms with Crippen molar-refractivity contribution in [2.75, 3.05) is 5.01 Å². The number of carbonyl (C=O) groups is 2. The van der Waals surface area contributed by atoms with Crippen LogP contribution in [-0.4, -0.2) is 16.9 Å². The van der Waals surface area contributed by atoms with E-state index in [1.165, 1.54) is 6.92 Å². The molecule has 0 fully saturated rings. The summed E-state index contributed by atoms with van der Waals surface area (Å²) < 4.78 is 39.9. The summed E-state index contributed by atoms with van der Waals surface area (Å²) in [5.41, 5.74) is 2.47. The van der Waals surface area contributed by atoms with E-state index in [-0.39, 0.29) is 11.0 Å². The maximum atomic E-state index is 13.5. The SMILES string of the molecule is CC(=O)N(NC(=S)NC(=O)C=Cc1c(F)cc(F)cc1F)c1ccccc1. The second-order valence-corrected chi connectivity index (χ2v) is 5.64. The lowest BCUT2D eigenvalue weighted by Gasteiger charge is -2.23. The second-order valence-electron chi connectivity index (χ2n) is 5.24. The standard InChI is InChI=1S/C18H14F3N3O2S/c1-11(25)24(13-5-3-2-4-6-13)23-18(27)22-17(26)8-7-14-15(20)9-12(19)10-16(14)21/h2-10H,1H3,(H2,22,23,26,27). The number of nitrogens with one attached hydrogen (secondary N) is 2. The molecule has 0 spiro atoms. The van der Waals surface area contributed by atoms with E-state index in [0.29, 0.717) is 17.8 Å². The van der Waals surface area contributed by atoms with Crippen molar-refractivity contribution in [2.45, 2.75) is 6.92 Å². The Morgan fingerprint density at radius 1 is 1.07 bits per heavy atom. The van der Waals surface area contributed by atoms with Gasteiger partial charge in [0.15, 0.2) is 5.11 Å². The molecule has 140 valence electrons. The molecule has 0 aliphatic carbocycles. The van der Waals surface area contributed by atoms with Gasteiger partial charge in [-0.3, -0.25) is 20.3 Å². The molecule has 0 unspecified atom stereocenters. The first-order valence-corrected chi connectivity index (χ1v) is 7.98. The molecule has 0 aliphatic heterocycles. The van der Waals surface area contributed by atoms with Crippen LogP contribution in [0.25, 0.3) is 6.08 Å². The van der Waals surface area contributed by atoms with E-state index in [9.17, 15) is 22.8 Å². The summed E-state index contributed by atoms with van der Waals surface area (Å²) in [6.07, 6.45) is 1.68. The number of hydrogen-bond donors (Lipinski definition) is 2. The van der Waals surface area contributed by atoms with Crippen molar-refractivity contribution in [1.82, 2.24) is 10.7 Å². The van der Waals surface area contributed by atoms with Gasteiger partial charge in [0.2, 0.25) is 11.8 Å². The molecule has 0 radical (unpaired) electrons. The highest BCUT2D eigenvalue weighted by molar-refractivity contribution is 7.80. The van der Waals surface area contributed by atoms with Gasteiger partial charge in [-0.15, -0.1) is 0 Å². The maximum absolute atomic E-state index is 13.5. The highest BCUT2D eigenvalue weighted by atomic mass is 32.1. The van der Waals surface area contributed by atoms with Gasteiger partial charge in [-0.25, -0.2) is 18.2 Å². The second kappa shape index (κ2) is 8.95. The zero-order valence-corrected chi connectivity index (χ0v) is 14.8. The lowest BCUT2D eigenvalue weighted by molar-refractivity contribution is -0.117. The Hall–Kier alpha value is -3.20. The van der Waals surface area contributed by atoms with Gasteiger partial charge in [-0.2, -0.15) is 0 Å². The van der Waals surface area contributed by atoms with Gasteiger partial charge in [0, 0.05) is 30.7 Å². The third-order valence-electron chi connectivity index (χ3n) is 3.22. The summed E-state index contributed by atoms with van der Waals surface area (Å²) in [7, 11) is 0. The summed E-state index contributed by atoms with van der Waals surface area (Å²) in [6.45, 7) is 1.30. The van der Waals surface area contributed by atoms with E-state index in [4.69, 9.17) is 12.2 Å². The van der Waals surface area contributed by atoms with Crippen LogP contribution in [0.3, 0.4) is 0 Å². The molecule has 0 bridgehead atoms. The highest BCUT2D eigenvalue weighted by Gasteiger charge is 2.14. The minimum atomic E-state index is -1.15. The van der Waals surface area contributed by atoms with Crippen molar-refractivity contribution in [3.8, 4) is 0 Å². The van der Waals surface area contributed by atoms with E-state index in [1.807, 2.05) is 0 Å². The van der Waals surface area contributed by atoms with Crippen LogP contribution in [0, 0.1) is 17.5 Å². The highest BCUT2D eigenvalue weighted by Crippen LogP contribution is 2.16. The Kier molecular flexibility index (Phi) is 6.67. The Morgan fingerprint density at radius 2 is 1.67 bits per heavy atom. The summed E-state index contributed by atoms with van der Waals surface area (Å²) in [5, 5.41) is 3.15. The fraction of sp³-hybridized carbons (Fsp3) is 0.0556. The fourth-order valence-electron chi connectivity index (χ4n) is 2.06. The summed E-state index contributed by atoms with van der Waals surface area (Å²) in [5.74, 6) is -4.55. The minimum absolute atomic E-state index is 0.205. The van der Waals surface area contributed by atoms with Crippen molar-refractivity contribution < 1.29 is 22.8 Å². The van der Waals surface area contributed by atoms with Gasteiger partial charge in [0.05, 0.1) is 5.69 Å². The molecule has 0 aliphatic rings. The molecule has 2 aromatic rings. The van der Waals surface area contributed by atoms with Crippen molar-refractivity contribution in [1.29, 1.82) is 0 Å². The summed E-state index contributed by atoms with van der Waals surface area (Å²) in [4.78, 5) is 23.6. The van der Waals surface area contributed by atoms with E-state index in [1.54, 1.807) is 30.3 Å². The van der Waals surface area contributed by atoms with Crippen LogP contribution in [-0.2, 0) is 9.59 Å². The number of anilines is 1. The number of hydrazine groups is 1. The maximum Gasteiger partial charge on any atom is 0.250 e. The van der Waals surface area contributed by atoms with Gasteiger partial charge in [-0.1, -0.05) is 18.2 Å². The smallest absolute Gasteiger partial charge is 0.250 e. The van der Waals surface area contributed by atoms with Gasteiger partial charge >= 0.3 is 0 Å². The Balaban J connectivity index is 2.03. The van der Waals surface area contributed by atoms with Crippen molar-refractivity contribution in [3.05, 3.63) is 71.6 Å². The quantitative estimate of drug-likeness (QED) is 0.478. The third-order valence-corrected chi connectivity index (χ3v) is 3.42. The molecule has 2 rings (SSSR count). The average molecular weight is 393 g/mol. The molecule has 9 heteroatoms. The van der Waals surface area contributed by atoms with E-state index < -0.39 is 28.9 Å². The molecule has 27 heavy (non-hydrogen) atoms. The Labute approximate surface area is 158 Å². The molecule has 0 saturated carbocycles. The van der Waals surface area contributed by atoms with Crippen LogP contribution in [0.2, 0.25) is 0 Å². The predicted octanol–water partition coefficient (Wildman–Crippen LogP) is 3.08. The van der Waals surface area contributed by atoms with Crippen LogP contribution >= 0.6 is 12.2 Å². The first-order valence-electron chi connectivity index (χ1n) is 7.58. The monoisotopic (exact) mass is 393 g/mol. The largest absolute Gasteiger partial charge is 0.298 e. The van der Waals surface area contributed by atoms with Crippen molar-refractivity contribution in [3.63, 3.8) is 0 Å². The molecule has 0 atom stereocenters. The lowest BCUT2D eigenvalue weighted by atomic mass is 10.2. The van der Waals surface area contributed by atoms with Gasteiger partial charge in [0.1, 0.15) is 17.5 Å². The van der Waals surface area contributed by atoms with Crippen molar-refractivity contribution in [2.24, 2.45) is 0 Å². The lowest BCUT2D eigenvalue weighted by Crippen LogP contribution is -2.50. The third kappa shape index (κ3) is 5.65. The number of nitrogens with zero attached hydrogens (tertiary/aromatic N) is 1. The molecular weight excluding hydrogens is 379 g/mol. The topological polar surface area (TPSA) is 61.4 Å². The predicted molar refractivity (Wildman–Crippen MR) is 98.8 cm³/mol. The van der Waals surface area contributed by atoms with Crippen LogP contribution in [0.5, 0.6) is 0 Å². The van der Waals surface area contributed by atoms with Crippen LogP contribution < -0.4 is 15.8 Å². The molecule has 0 heterocycles. The molecule has 2 aromatic carbocycles. The minimum Gasteiger partial charge on any atom is -0.298 e. The van der Waals surface area contributed by atoms with E-state index >= 15 is 0 Å². The van der Waals surface area contributed by atoms with E-state index in [0.717, 1.165) is 17.2 Å². The normalized spacial score (nSPS) is 10.5. The molecule has 0 aromatic heterocycles. The molecule has 0 saturated heterocycles. The van der Waals surface area contributed by atoms with Gasteiger partial charge in [0.25, 0.3) is 0 Å². The van der Waals surface area contributed by atoms with Crippen molar-refractivity contribution >= 4 is 40.9 Å². The van der Waals surface area contributed by atoms with Crippen LogP contribution in [0.4, 0.5) is 18.9 Å². The summed E-state index contributed by atoms with van der Waals surface area (Å²) >= 11 is 4.96. The zero-order chi connectivity index (χ0) is 20.0. The number of amides is 2. The molecule has 2 N–H and O–H groups in total. The molecule has 2 amide bonds. The number of carbonyl (C=O) groups excluding carboxylic acids is 2. The average Bonchev–Trinajstić information content (AvgIpc) is 2.59. The first-order chi connectivity index (χ1) is 12.8. The Morgan fingerprint density at radius 3 is 2.22 bits per heavy atom. The zero-order valence-electron chi connectivity index (χ0n) is 14.0. The fourth-order valence-corrected chi connectivity index (χ4v) is 2.25. The van der Waals surface area contributed by atoms with Gasteiger partial charge < -0.3 is 0 Å². The number of thiocarbonyl (C=S) groups is 1. The number of halogens is 3. The summed E-state index contributed by atoms with van der Waals surface area (Å²) in [6, 6.07) is 9.49. The van der Waals surface area contributed by atoms with Crippen LogP contribution in [0.15, 0.2) is 48.5 Å². The molecule has 5 nitrogen and oxygen atoms in total. The molecular formula is C18H14F3N3O2S. The van der Waals surface area contributed by atoms with Crippen LogP contribution in [0.1, 0.15) is 12.5 Å². The number of rotatable bonds is 3. The Bertz CT molecular complexity index is 881. The number of para-hydroxylation sites is 1. The number of benzene rings is 2.